The number of ether oxygens (including phenoxy) is 1. The molecule has 0 spiro atoms. The van der Waals surface area contributed by atoms with Crippen LogP contribution in [0.1, 0.15) is 65.0 Å². The van der Waals surface area contributed by atoms with E-state index in [4.69, 9.17) is 22.1 Å². The van der Waals surface area contributed by atoms with Gasteiger partial charge in [0.2, 0.25) is 0 Å². The number of pyridine rings is 1. The molecule has 0 saturated carbocycles. The summed E-state index contributed by atoms with van der Waals surface area (Å²) in [5, 5.41) is 2.05. The van der Waals surface area contributed by atoms with Crippen LogP contribution in [0, 0.1) is 18.5 Å². The van der Waals surface area contributed by atoms with Gasteiger partial charge in [-0.05, 0) is 67.9 Å². The van der Waals surface area contributed by atoms with Gasteiger partial charge in [-0.1, -0.05) is 168 Å². The largest absolute Gasteiger partial charge is 0.510 e. The first kappa shape index (κ1) is 31.3. The zero-order valence-electron chi connectivity index (χ0n) is 44.0. The summed E-state index contributed by atoms with van der Waals surface area (Å²) in [5.41, 5.74) is 6.09. The molecule has 0 aliphatic rings. The molecule has 3 heterocycles. The first-order valence-electron chi connectivity index (χ1n) is 24.6. The van der Waals surface area contributed by atoms with Crippen LogP contribution < -0.4 is 9.30 Å². The second-order valence-corrected chi connectivity index (χ2v) is 17.1. The van der Waals surface area contributed by atoms with Crippen LogP contribution in [0.3, 0.4) is 0 Å². The fourth-order valence-electron chi connectivity index (χ4n) is 7.85. The third kappa shape index (κ3) is 7.45. The third-order valence-electron chi connectivity index (χ3n) is 11.0. The van der Waals surface area contributed by atoms with Crippen molar-refractivity contribution in [2.75, 3.05) is 0 Å². The molecule has 0 aliphatic heterocycles. The van der Waals surface area contributed by atoms with Crippen LogP contribution in [0.2, 0.25) is 0 Å². The quantitative estimate of drug-likeness (QED) is 0.118. The molecule has 0 radical (unpaired) electrons. The van der Waals surface area contributed by atoms with Gasteiger partial charge in [-0.15, -0.1) is 29.7 Å². The van der Waals surface area contributed by atoms with Gasteiger partial charge in [0.1, 0.15) is 5.82 Å². The first-order chi connectivity index (χ1) is 33.2. The molecule has 0 aliphatic carbocycles. The van der Waals surface area contributed by atoms with E-state index in [9.17, 15) is 0 Å². The Balaban J connectivity index is 0.00000624. The molecular formula is C56H46N4OPt-2. The summed E-state index contributed by atoms with van der Waals surface area (Å²) in [6.45, 7) is 12.8. The molecule has 0 atom stereocenters. The van der Waals surface area contributed by atoms with Crippen molar-refractivity contribution >= 4 is 32.8 Å². The van der Waals surface area contributed by atoms with E-state index in [0.29, 0.717) is 33.8 Å². The molecule has 7 aromatic carbocycles. The Hall–Kier alpha value is -6.55. The van der Waals surface area contributed by atoms with Crippen LogP contribution in [0.15, 0.2) is 170 Å². The topological polar surface area (TPSA) is 35.9 Å². The minimum absolute atomic E-state index is 0. The number of rotatable bonds is 7. The number of benzene rings is 7. The van der Waals surface area contributed by atoms with E-state index in [0.717, 1.165) is 38.8 Å². The van der Waals surface area contributed by atoms with Crippen LogP contribution in [0.4, 0.5) is 0 Å². The van der Waals surface area contributed by atoms with Gasteiger partial charge in [0.15, 0.2) is 0 Å². The molecule has 308 valence electrons. The molecule has 0 fully saturated rings. The van der Waals surface area contributed by atoms with Crippen molar-refractivity contribution in [3.05, 3.63) is 199 Å². The Labute approximate surface area is 390 Å². The van der Waals surface area contributed by atoms with Gasteiger partial charge in [0.05, 0.1) is 29.1 Å². The molecule has 6 heteroatoms. The van der Waals surface area contributed by atoms with Gasteiger partial charge >= 0.3 is 0 Å². The van der Waals surface area contributed by atoms with E-state index in [1.54, 1.807) is 22.8 Å². The second kappa shape index (κ2) is 16.0. The van der Waals surface area contributed by atoms with Crippen molar-refractivity contribution in [3.8, 4) is 50.9 Å². The SMILES string of the molecule is [2H]c1cc(-c2cccc(-c3c([2H])c([2H])c([2H])c([2H])c3[2H])c2-[n+]2[c-]n(-c3[c-]c(Oc4[c-]c5c(cc4)c4ccccc4n5-c4cc(C(C)(C)C)ccn4)cc(C(C)(C)C)c3)c3ccccc32)c([2H])c([2H])c1[2H].[Pt]. The Kier molecular flexibility index (Phi) is 8.11. The zero-order chi connectivity index (χ0) is 49.7. The summed E-state index contributed by atoms with van der Waals surface area (Å²) in [4.78, 5) is 4.83. The van der Waals surface area contributed by atoms with E-state index >= 15 is 0 Å². The summed E-state index contributed by atoms with van der Waals surface area (Å²) >= 11 is 0. The second-order valence-electron chi connectivity index (χ2n) is 17.1. The van der Waals surface area contributed by atoms with Gasteiger partial charge < -0.3 is 13.9 Å². The number of hydrogen-bond donors (Lipinski definition) is 0. The molecule has 62 heavy (non-hydrogen) atoms. The standard InChI is InChI=1S/C56H46N4O.Pt/c1-55(2,3)40-30-31-57-53(34-40)60-49-25-14-13-22-47(49)48-29-28-43(36-52(48)60)61-44-33-41(56(4,5)6)32-42(35-44)58-37-59(51-27-16-15-26-50(51)58)54-45(38-18-9-7-10-19-38)23-17-24-46(54)39-20-11-8-12-21-39;/h7-34H,1-6H3;/q-2;/i7D,8D,9D,10D,11D,12D,18D,19D,20D;. The molecule has 0 bridgehead atoms. The summed E-state index contributed by atoms with van der Waals surface area (Å²) in [6, 6.07) is 37.4. The number of para-hydroxylation sites is 4. The molecule has 0 N–H and O–H groups in total. The van der Waals surface area contributed by atoms with E-state index in [1.807, 2.05) is 77.5 Å². The fraction of sp³-hybridized carbons (Fsp3) is 0.143. The van der Waals surface area contributed by atoms with Crippen molar-refractivity contribution in [2.24, 2.45) is 0 Å². The van der Waals surface area contributed by atoms with E-state index in [2.05, 4.69) is 82.8 Å². The van der Waals surface area contributed by atoms with Crippen molar-refractivity contribution in [3.63, 3.8) is 0 Å². The van der Waals surface area contributed by atoms with Crippen molar-refractivity contribution < 1.29 is 42.7 Å². The summed E-state index contributed by atoms with van der Waals surface area (Å²) < 4.78 is 90.7. The summed E-state index contributed by atoms with van der Waals surface area (Å²) in [5.74, 6) is 1.63. The first-order valence-corrected chi connectivity index (χ1v) is 20.1. The maximum absolute atomic E-state index is 9.06. The molecule has 10 rings (SSSR count). The maximum Gasteiger partial charge on any atom is 0.268 e. The van der Waals surface area contributed by atoms with E-state index in [-0.39, 0.29) is 66.4 Å². The molecule has 5 nitrogen and oxygen atoms in total. The van der Waals surface area contributed by atoms with Crippen LogP contribution in [0.5, 0.6) is 11.5 Å². The third-order valence-corrected chi connectivity index (χ3v) is 11.0. The number of hydrogen-bond acceptors (Lipinski definition) is 2. The Morgan fingerprint density at radius 1 is 0.613 bits per heavy atom. The van der Waals surface area contributed by atoms with Crippen LogP contribution in [-0.4, -0.2) is 14.1 Å². The predicted molar refractivity (Wildman–Crippen MR) is 248 cm³/mol. The monoisotopic (exact) mass is 994 g/mol. The average molecular weight is 995 g/mol. The zero-order valence-corrected chi connectivity index (χ0v) is 37.3. The van der Waals surface area contributed by atoms with Crippen molar-refractivity contribution in [1.82, 2.24) is 14.1 Å². The van der Waals surface area contributed by atoms with Gasteiger partial charge in [-0.2, -0.15) is 17.7 Å². The smallest absolute Gasteiger partial charge is 0.268 e. The van der Waals surface area contributed by atoms with Gasteiger partial charge in [-0.25, -0.2) is 4.98 Å². The average Bonchev–Trinajstić information content (AvgIpc) is 3.88. The minimum atomic E-state index is -0.542. The van der Waals surface area contributed by atoms with Crippen LogP contribution in [-0.2, 0) is 31.9 Å². The van der Waals surface area contributed by atoms with Crippen molar-refractivity contribution in [1.29, 1.82) is 0 Å². The number of aromatic nitrogens is 4. The van der Waals surface area contributed by atoms with Crippen LogP contribution in [0.25, 0.3) is 72.3 Å². The fourth-order valence-corrected chi connectivity index (χ4v) is 7.85. The number of nitrogens with zero attached hydrogens (tertiary/aromatic N) is 4. The molecule has 10 aromatic rings. The summed E-state index contributed by atoms with van der Waals surface area (Å²) in [6.07, 6.45) is 5.36. The van der Waals surface area contributed by atoms with Crippen molar-refractivity contribution in [2.45, 2.75) is 52.4 Å². The van der Waals surface area contributed by atoms with Crippen LogP contribution >= 0.6 is 0 Å². The molecular weight excluding hydrogens is 940 g/mol. The molecule has 0 amide bonds. The van der Waals surface area contributed by atoms with Gasteiger partial charge in [-0.3, -0.25) is 4.57 Å². The van der Waals surface area contributed by atoms with E-state index in [1.165, 1.54) is 6.07 Å². The molecule has 0 unspecified atom stereocenters. The molecule has 0 saturated heterocycles. The van der Waals surface area contributed by atoms with E-state index < -0.39 is 42.3 Å². The van der Waals surface area contributed by atoms with Gasteiger partial charge in [0, 0.05) is 44.3 Å². The number of imidazole rings is 1. The van der Waals surface area contributed by atoms with Gasteiger partial charge in [0.25, 0.3) is 6.33 Å². The predicted octanol–water partition coefficient (Wildman–Crippen LogP) is 13.5. The Morgan fingerprint density at radius 3 is 2.08 bits per heavy atom. The minimum Gasteiger partial charge on any atom is -0.510 e. The molecule has 3 aromatic heterocycles. The summed E-state index contributed by atoms with van der Waals surface area (Å²) in [7, 11) is 0. The Bertz CT molecular complexity index is 3770. The maximum atomic E-state index is 9.06. The number of fused-ring (bicyclic) bond motifs is 4. The normalized spacial score (nSPS) is 13.9. The Morgan fingerprint density at radius 2 is 1.31 bits per heavy atom.